The van der Waals surface area contributed by atoms with Gasteiger partial charge in [-0.25, -0.2) is 9.98 Å². The van der Waals surface area contributed by atoms with E-state index in [0.29, 0.717) is 25.1 Å². The number of hydrogen-bond acceptors (Lipinski definition) is 3. The summed E-state index contributed by atoms with van der Waals surface area (Å²) in [4.78, 5) is 8.95. The summed E-state index contributed by atoms with van der Waals surface area (Å²) in [7, 11) is 0. The van der Waals surface area contributed by atoms with Gasteiger partial charge in [-0.3, -0.25) is 0 Å². The van der Waals surface area contributed by atoms with E-state index in [-0.39, 0.29) is 24.0 Å². The molecule has 0 amide bonds. The molecule has 1 aliphatic carbocycles. The molecule has 26 heavy (non-hydrogen) atoms. The van der Waals surface area contributed by atoms with Gasteiger partial charge in [-0.1, -0.05) is 37.3 Å². The van der Waals surface area contributed by atoms with Crippen molar-refractivity contribution in [3.05, 3.63) is 59.8 Å². The Hall–Kier alpha value is -1.83. The molecule has 2 N–H and O–H groups in total. The van der Waals surface area contributed by atoms with Crippen molar-refractivity contribution in [1.82, 2.24) is 15.6 Å². The molecule has 0 spiro atoms. The Labute approximate surface area is 172 Å². The van der Waals surface area contributed by atoms with Gasteiger partial charge in [-0.15, -0.1) is 24.0 Å². The molecule has 0 saturated heterocycles. The lowest BCUT2D eigenvalue weighted by molar-refractivity contribution is 0.293. The second-order valence-corrected chi connectivity index (χ2v) is 6.44. The van der Waals surface area contributed by atoms with Crippen LogP contribution in [-0.4, -0.2) is 23.5 Å². The number of ether oxygens (including phenoxy) is 1. The Morgan fingerprint density at radius 1 is 1.23 bits per heavy atom. The van der Waals surface area contributed by atoms with Crippen LogP contribution in [0.25, 0.3) is 0 Å². The van der Waals surface area contributed by atoms with Crippen molar-refractivity contribution in [2.75, 3.05) is 6.54 Å². The number of hydrogen-bond donors (Lipinski definition) is 2. The number of guanidine groups is 1. The average Bonchev–Trinajstić information content (AvgIpc) is 3.34. The third-order valence-corrected chi connectivity index (χ3v) is 4.22. The number of nitrogens with one attached hydrogen (secondary N) is 2. The van der Waals surface area contributed by atoms with E-state index in [9.17, 15) is 0 Å². The molecule has 2 aromatic rings. The smallest absolute Gasteiger partial charge is 0.213 e. The lowest BCUT2D eigenvalue weighted by Crippen LogP contribution is -2.39. The maximum atomic E-state index is 5.78. The average molecular weight is 466 g/mol. The SMILES string of the molecule is CCNC(=NCc1ccnc(OCc2ccccc2)c1)NC1CC1C.I. The van der Waals surface area contributed by atoms with E-state index in [0.717, 1.165) is 29.5 Å². The van der Waals surface area contributed by atoms with Gasteiger partial charge in [0.05, 0.1) is 6.54 Å². The summed E-state index contributed by atoms with van der Waals surface area (Å²) in [6.07, 6.45) is 2.99. The Morgan fingerprint density at radius 3 is 2.69 bits per heavy atom. The zero-order valence-corrected chi connectivity index (χ0v) is 17.6. The number of benzene rings is 1. The predicted molar refractivity (Wildman–Crippen MR) is 116 cm³/mol. The van der Waals surface area contributed by atoms with E-state index in [2.05, 4.69) is 34.5 Å². The van der Waals surface area contributed by atoms with E-state index < -0.39 is 0 Å². The van der Waals surface area contributed by atoms with Crippen LogP contribution in [0.1, 0.15) is 31.4 Å². The van der Waals surface area contributed by atoms with E-state index >= 15 is 0 Å². The van der Waals surface area contributed by atoms with Crippen LogP contribution in [-0.2, 0) is 13.2 Å². The molecule has 1 fully saturated rings. The van der Waals surface area contributed by atoms with Crippen LogP contribution in [0.4, 0.5) is 0 Å². The minimum absolute atomic E-state index is 0. The minimum Gasteiger partial charge on any atom is -0.473 e. The van der Waals surface area contributed by atoms with Gasteiger partial charge in [0.1, 0.15) is 6.61 Å². The molecule has 5 nitrogen and oxygen atoms in total. The van der Waals surface area contributed by atoms with Gasteiger partial charge in [0, 0.05) is 24.8 Å². The van der Waals surface area contributed by atoms with Crippen LogP contribution < -0.4 is 15.4 Å². The molecule has 1 saturated carbocycles. The highest BCUT2D eigenvalue weighted by atomic mass is 127. The van der Waals surface area contributed by atoms with Gasteiger partial charge in [-0.05, 0) is 36.5 Å². The second kappa shape index (κ2) is 10.4. The Bertz CT molecular complexity index is 708. The first kappa shape index (κ1) is 20.5. The van der Waals surface area contributed by atoms with Gasteiger partial charge in [0.15, 0.2) is 5.96 Å². The van der Waals surface area contributed by atoms with Gasteiger partial charge in [0.25, 0.3) is 0 Å². The zero-order chi connectivity index (χ0) is 17.5. The first-order valence-corrected chi connectivity index (χ1v) is 8.91. The molecule has 0 bridgehead atoms. The molecule has 2 atom stereocenters. The molecule has 1 aliphatic rings. The van der Waals surface area contributed by atoms with Gasteiger partial charge in [0.2, 0.25) is 5.88 Å². The van der Waals surface area contributed by atoms with Crippen molar-refractivity contribution >= 4 is 29.9 Å². The summed E-state index contributed by atoms with van der Waals surface area (Å²) in [5.41, 5.74) is 2.21. The number of pyridine rings is 1. The maximum Gasteiger partial charge on any atom is 0.213 e. The fourth-order valence-corrected chi connectivity index (χ4v) is 2.55. The van der Waals surface area contributed by atoms with Crippen LogP contribution >= 0.6 is 24.0 Å². The molecule has 2 unspecified atom stereocenters. The topological polar surface area (TPSA) is 58.5 Å². The molecule has 3 rings (SSSR count). The van der Waals surface area contributed by atoms with Crippen LogP contribution in [0.5, 0.6) is 5.88 Å². The van der Waals surface area contributed by atoms with Crippen molar-refractivity contribution in [3.63, 3.8) is 0 Å². The molecule has 1 heterocycles. The highest BCUT2D eigenvalue weighted by Crippen LogP contribution is 2.28. The highest BCUT2D eigenvalue weighted by Gasteiger charge is 2.33. The molecule has 1 aromatic carbocycles. The Morgan fingerprint density at radius 2 is 2.00 bits per heavy atom. The Kier molecular flexibility index (Phi) is 8.15. The van der Waals surface area contributed by atoms with Crippen molar-refractivity contribution < 1.29 is 4.74 Å². The first-order valence-electron chi connectivity index (χ1n) is 8.91. The van der Waals surface area contributed by atoms with Crippen LogP contribution in [0.3, 0.4) is 0 Å². The van der Waals surface area contributed by atoms with Crippen LogP contribution in [0, 0.1) is 5.92 Å². The van der Waals surface area contributed by atoms with Crippen molar-refractivity contribution in [2.24, 2.45) is 10.9 Å². The molecule has 0 radical (unpaired) electrons. The van der Waals surface area contributed by atoms with E-state index in [1.165, 1.54) is 6.42 Å². The third-order valence-electron chi connectivity index (χ3n) is 4.22. The first-order chi connectivity index (χ1) is 12.2. The number of aromatic nitrogens is 1. The predicted octanol–water partition coefficient (Wildman–Crippen LogP) is 3.74. The number of rotatable bonds is 7. The standard InChI is InChI=1S/C20H26N4O.HI/c1-3-21-20(24-18-11-15(18)2)23-13-17-9-10-22-19(12-17)25-14-16-7-5-4-6-8-16;/h4-10,12,15,18H,3,11,13-14H2,1-2H3,(H2,21,23,24);1H. The summed E-state index contributed by atoms with van der Waals surface area (Å²) in [6, 6.07) is 14.6. The minimum atomic E-state index is 0. The van der Waals surface area contributed by atoms with Crippen LogP contribution in [0.2, 0.25) is 0 Å². The summed E-state index contributed by atoms with van der Waals surface area (Å²) >= 11 is 0. The quantitative estimate of drug-likeness (QED) is 0.371. The second-order valence-electron chi connectivity index (χ2n) is 6.44. The molecular weight excluding hydrogens is 439 g/mol. The molecule has 1 aromatic heterocycles. The maximum absolute atomic E-state index is 5.78. The number of halogens is 1. The normalized spacial score (nSPS) is 18.6. The number of aliphatic imine (C=N–C) groups is 1. The lowest BCUT2D eigenvalue weighted by atomic mass is 10.2. The van der Waals surface area contributed by atoms with E-state index in [4.69, 9.17) is 4.74 Å². The van der Waals surface area contributed by atoms with Crippen LogP contribution in [0.15, 0.2) is 53.7 Å². The largest absolute Gasteiger partial charge is 0.473 e. The summed E-state index contributed by atoms with van der Waals surface area (Å²) < 4.78 is 5.78. The monoisotopic (exact) mass is 466 g/mol. The fraction of sp³-hybridized carbons (Fsp3) is 0.400. The highest BCUT2D eigenvalue weighted by molar-refractivity contribution is 14.0. The lowest BCUT2D eigenvalue weighted by Gasteiger charge is -2.11. The summed E-state index contributed by atoms with van der Waals surface area (Å²) in [5, 5.41) is 6.76. The van der Waals surface area contributed by atoms with E-state index in [1.807, 2.05) is 42.5 Å². The van der Waals surface area contributed by atoms with Crippen molar-refractivity contribution in [2.45, 2.75) is 39.5 Å². The third kappa shape index (κ3) is 6.48. The van der Waals surface area contributed by atoms with Gasteiger partial charge < -0.3 is 15.4 Å². The van der Waals surface area contributed by atoms with Gasteiger partial charge >= 0.3 is 0 Å². The molecular formula is C20H27IN4O. The van der Waals surface area contributed by atoms with Gasteiger partial charge in [-0.2, -0.15) is 0 Å². The van der Waals surface area contributed by atoms with Crippen molar-refractivity contribution in [3.8, 4) is 5.88 Å². The summed E-state index contributed by atoms with van der Waals surface area (Å²) in [5.74, 6) is 2.24. The fourth-order valence-electron chi connectivity index (χ4n) is 2.55. The number of nitrogens with zero attached hydrogens (tertiary/aromatic N) is 2. The zero-order valence-electron chi connectivity index (χ0n) is 15.3. The van der Waals surface area contributed by atoms with E-state index in [1.54, 1.807) is 6.20 Å². The Balaban J connectivity index is 0.00000243. The molecule has 0 aliphatic heterocycles. The molecule has 6 heteroatoms. The van der Waals surface area contributed by atoms with Crippen molar-refractivity contribution in [1.29, 1.82) is 0 Å². The molecule has 140 valence electrons. The summed E-state index contributed by atoms with van der Waals surface area (Å²) in [6.45, 7) is 6.30.